The molecular formula is C23H34N2O3S. The average molecular weight is 419 g/mol. The van der Waals surface area contributed by atoms with Crippen molar-refractivity contribution in [2.75, 3.05) is 27.2 Å². The molecule has 160 valence electrons. The number of likely N-dealkylation sites (N-methyl/N-ethyl adjacent to an activating group) is 1. The monoisotopic (exact) mass is 418 g/mol. The molecule has 0 spiro atoms. The van der Waals surface area contributed by atoms with Crippen LogP contribution in [0.4, 0.5) is 0 Å². The molecule has 1 aromatic rings. The number of rotatable bonds is 4. The second kappa shape index (κ2) is 11.8. The van der Waals surface area contributed by atoms with E-state index in [0.717, 1.165) is 19.2 Å². The van der Waals surface area contributed by atoms with Crippen LogP contribution in [-0.2, 0) is 9.59 Å². The largest absolute Gasteiger partial charge is 0.481 e. The van der Waals surface area contributed by atoms with E-state index in [4.69, 9.17) is 9.90 Å². The Morgan fingerprint density at radius 2 is 1.76 bits per heavy atom. The quantitative estimate of drug-likeness (QED) is 0.767. The maximum absolute atomic E-state index is 13.3. The summed E-state index contributed by atoms with van der Waals surface area (Å²) in [6.45, 7) is 10.9. The number of carbonyl (C=O) groups is 2. The van der Waals surface area contributed by atoms with E-state index in [9.17, 15) is 4.79 Å². The fourth-order valence-corrected chi connectivity index (χ4v) is 4.46. The lowest BCUT2D eigenvalue weighted by Gasteiger charge is -2.27. The molecule has 2 atom stereocenters. The van der Waals surface area contributed by atoms with Crippen molar-refractivity contribution in [2.45, 2.75) is 39.9 Å². The van der Waals surface area contributed by atoms with E-state index < -0.39 is 5.97 Å². The number of hydrogen-bond acceptors (Lipinski definition) is 4. The number of carboxylic acid groups (broad SMARTS) is 1. The molecule has 6 heteroatoms. The van der Waals surface area contributed by atoms with Crippen LogP contribution in [-0.4, -0.2) is 54.0 Å². The number of allylic oxidation sites excluding steroid dienone is 2. The topological polar surface area (TPSA) is 60.9 Å². The molecule has 29 heavy (non-hydrogen) atoms. The number of benzene rings is 1. The summed E-state index contributed by atoms with van der Waals surface area (Å²) in [5.41, 5.74) is 3.51. The lowest BCUT2D eigenvalue weighted by molar-refractivity contribution is -0.134. The van der Waals surface area contributed by atoms with E-state index in [1.54, 1.807) is 0 Å². The van der Waals surface area contributed by atoms with Crippen molar-refractivity contribution < 1.29 is 14.7 Å². The minimum atomic E-state index is -0.833. The van der Waals surface area contributed by atoms with Crippen LogP contribution in [0.3, 0.4) is 0 Å². The van der Waals surface area contributed by atoms with Crippen molar-refractivity contribution in [2.24, 2.45) is 5.92 Å². The number of thioether (sulfide) groups is 1. The van der Waals surface area contributed by atoms with Crippen LogP contribution in [0.15, 0.2) is 47.0 Å². The maximum Gasteiger partial charge on any atom is 0.300 e. The van der Waals surface area contributed by atoms with Gasteiger partial charge in [0.15, 0.2) is 0 Å². The van der Waals surface area contributed by atoms with Crippen molar-refractivity contribution in [1.82, 2.24) is 9.80 Å². The normalized spacial score (nSPS) is 22.5. The summed E-state index contributed by atoms with van der Waals surface area (Å²) in [6.07, 6.45) is 4.20. The molecule has 1 fully saturated rings. The van der Waals surface area contributed by atoms with Gasteiger partial charge in [0.2, 0.25) is 5.91 Å². The summed E-state index contributed by atoms with van der Waals surface area (Å²) in [5, 5.41) is 7.55. The maximum atomic E-state index is 13.3. The fraction of sp³-hybridized carbons (Fsp3) is 0.478. The molecule has 0 saturated carbocycles. The number of carboxylic acids is 1. The van der Waals surface area contributed by atoms with Gasteiger partial charge >= 0.3 is 0 Å². The van der Waals surface area contributed by atoms with E-state index in [-0.39, 0.29) is 17.1 Å². The molecule has 1 amide bonds. The summed E-state index contributed by atoms with van der Waals surface area (Å²) < 4.78 is 0. The number of aryl methyl sites for hydroxylation is 1. The number of amides is 1. The highest BCUT2D eigenvalue weighted by Crippen LogP contribution is 2.47. The van der Waals surface area contributed by atoms with Gasteiger partial charge < -0.3 is 14.9 Å². The molecule has 1 unspecified atom stereocenters. The zero-order chi connectivity index (χ0) is 22.1. The van der Waals surface area contributed by atoms with Gasteiger partial charge in [-0.3, -0.25) is 9.59 Å². The molecule has 2 rings (SSSR count). The van der Waals surface area contributed by atoms with Gasteiger partial charge in [0.05, 0.1) is 11.6 Å². The Morgan fingerprint density at radius 1 is 1.21 bits per heavy atom. The average Bonchev–Trinajstić information content (AvgIpc) is 2.75. The third-order valence-electron chi connectivity index (χ3n) is 4.62. The lowest BCUT2D eigenvalue weighted by atomic mass is 9.98. The molecule has 1 aromatic carbocycles. The van der Waals surface area contributed by atoms with Gasteiger partial charge in [0.1, 0.15) is 0 Å². The van der Waals surface area contributed by atoms with E-state index in [1.165, 1.54) is 16.0 Å². The number of hydrogen-bond donors (Lipinski definition) is 1. The zero-order valence-corrected chi connectivity index (χ0v) is 19.4. The molecule has 1 saturated heterocycles. The van der Waals surface area contributed by atoms with Gasteiger partial charge in [-0.15, -0.1) is 11.8 Å². The molecule has 1 aliphatic rings. The van der Waals surface area contributed by atoms with Crippen LogP contribution in [0, 0.1) is 12.8 Å². The highest BCUT2D eigenvalue weighted by molar-refractivity contribution is 8.03. The number of carbonyl (C=O) groups excluding carboxylic acids is 1. The first-order valence-electron chi connectivity index (χ1n) is 9.84. The van der Waals surface area contributed by atoms with Gasteiger partial charge in [-0.2, -0.15) is 0 Å². The Hall–Kier alpha value is -2.05. The predicted molar refractivity (Wildman–Crippen MR) is 122 cm³/mol. The third-order valence-corrected chi connectivity index (χ3v) is 6.25. The van der Waals surface area contributed by atoms with E-state index in [2.05, 4.69) is 62.1 Å². The molecule has 1 aliphatic heterocycles. The first kappa shape index (κ1) is 25.0. The number of aliphatic carboxylic acids is 1. The Kier molecular flexibility index (Phi) is 10.2. The Morgan fingerprint density at radius 3 is 2.21 bits per heavy atom. The standard InChI is InChI=1S/C21H30N2OS.C2H4O2/c1-7-18-19(8-2)25-20(17-11-9-15(3)10-12-17)16(4)21(24)23(18)14-13-22(5)6;1-2(3)4/h7-12,16,20H,13-14H2,1-6H3;1H3,(H,3,4)/b18-7+,19-8+;/t16?,20-;/m0./s1. The fourth-order valence-electron chi connectivity index (χ4n) is 3.08. The van der Waals surface area contributed by atoms with Gasteiger partial charge in [0.25, 0.3) is 5.97 Å². The second-order valence-corrected chi connectivity index (χ2v) is 8.56. The van der Waals surface area contributed by atoms with E-state index in [0.29, 0.717) is 6.54 Å². The minimum Gasteiger partial charge on any atom is -0.481 e. The minimum absolute atomic E-state index is 0.0673. The smallest absolute Gasteiger partial charge is 0.300 e. The molecule has 5 nitrogen and oxygen atoms in total. The molecule has 0 radical (unpaired) electrons. The van der Waals surface area contributed by atoms with Crippen LogP contribution in [0.5, 0.6) is 0 Å². The van der Waals surface area contributed by atoms with Gasteiger partial charge in [-0.05, 0) is 40.4 Å². The summed E-state index contributed by atoms with van der Waals surface area (Å²) >= 11 is 1.81. The Bertz CT molecular complexity index is 750. The molecule has 0 aliphatic carbocycles. The Balaban J connectivity index is 0.000000960. The van der Waals surface area contributed by atoms with Gasteiger partial charge in [-0.25, -0.2) is 0 Å². The lowest BCUT2D eigenvalue weighted by Crippen LogP contribution is -2.38. The third kappa shape index (κ3) is 7.37. The highest BCUT2D eigenvalue weighted by atomic mass is 32.2. The summed E-state index contributed by atoms with van der Waals surface area (Å²) in [7, 11) is 4.09. The van der Waals surface area contributed by atoms with E-state index in [1.807, 2.05) is 37.7 Å². The van der Waals surface area contributed by atoms with Crippen molar-refractivity contribution in [3.63, 3.8) is 0 Å². The van der Waals surface area contributed by atoms with Crippen LogP contribution in [0.2, 0.25) is 0 Å². The van der Waals surface area contributed by atoms with Crippen LogP contribution >= 0.6 is 11.8 Å². The molecule has 1 heterocycles. The first-order valence-corrected chi connectivity index (χ1v) is 10.7. The zero-order valence-electron chi connectivity index (χ0n) is 18.6. The molecule has 0 bridgehead atoms. The van der Waals surface area contributed by atoms with Crippen molar-refractivity contribution >= 4 is 23.6 Å². The SMILES string of the molecule is C/C=C1/S[C@H](c2ccc(C)cc2)C(C)C(=O)N(CCN(C)C)/C1=C/C.CC(=O)O. The van der Waals surface area contributed by atoms with Crippen molar-refractivity contribution in [3.8, 4) is 0 Å². The number of nitrogens with zero attached hydrogens (tertiary/aromatic N) is 2. The highest BCUT2D eigenvalue weighted by Gasteiger charge is 2.36. The summed E-state index contributed by atoms with van der Waals surface area (Å²) in [4.78, 5) is 27.5. The van der Waals surface area contributed by atoms with Crippen LogP contribution in [0.1, 0.15) is 44.1 Å². The van der Waals surface area contributed by atoms with Crippen molar-refractivity contribution in [1.29, 1.82) is 0 Å². The van der Waals surface area contributed by atoms with Crippen LogP contribution < -0.4 is 0 Å². The first-order chi connectivity index (χ1) is 13.6. The Labute approximate surface area is 179 Å². The summed E-state index contributed by atoms with van der Waals surface area (Å²) in [5.74, 6) is -0.688. The van der Waals surface area contributed by atoms with Gasteiger partial charge in [-0.1, -0.05) is 48.9 Å². The molecule has 0 aromatic heterocycles. The van der Waals surface area contributed by atoms with Gasteiger partial charge in [0, 0.05) is 30.2 Å². The summed E-state index contributed by atoms with van der Waals surface area (Å²) in [6, 6.07) is 8.59. The second-order valence-electron chi connectivity index (χ2n) is 7.38. The van der Waals surface area contributed by atoms with Crippen LogP contribution in [0.25, 0.3) is 0 Å². The molecule has 1 N–H and O–H groups in total. The molecular weight excluding hydrogens is 384 g/mol. The van der Waals surface area contributed by atoms with E-state index >= 15 is 0 Å². The van der Waals surface area contributed by atoms with Crippen molar-refractivity contribution in [3.05, 3.63) is 58.1 Å². The predicted octanol–water partition coefficient (Wildman–Crippen LogP) is 4.71.